The van der Waals surface area contributed by atoms with Crippen LogP contribution in [0.5, 0.6) is 0 Å². The van der Waals surface area contributed by atoms with Gasteiger partial charge in [-0.3, -0.25) is 9.30 Å². The number of hydrogen-bond donors (Lipinski definition) is 0. The molecule has 1 aromatic carbocycles. The van der Waals surface area contributed by atoms with Crippen LogP contribution in [0.15, 0.2) is 30.6 Å². The predicted molar refractivity (Wildman–Crippen MR) is 99.4 cm³/mol. The Morgan fingerprint density at radius 3 is 2.76 bits per heavy atom. The molecule has 0 saturated carbocycles. The zero-order chi connectivity index (χ0) is 17.6. The van der Waals surface area contributed by atoms with Gasteiger partial charge in [0.25, 0.3) is 0 Å². The molecule has 0 unspecified atom stereocenters. The molecule has 0 bridgehead atoms. The smallest absolute Gasteiger partial charge is 0.203 e. The van der Waals surface area contributed by atoms with Crippen molar-refractivity contribution in [1.82, 2.24) is 24.5 Å². The van der Waals surface area contributed by atoms with Gasteiger partial charge in [-0.15, -0.1) is 10.2 Å². The highest BCUT2D eigenvalue weighted by molar-refractivity contribution is 6.42. The van der Waals surface area contributed by atoms with Crippen molar-refractivity contribution < 1.29 is 0 Å². The Labute approximate surface area is 156 Å². The van der Waals surface area contributed by atoms with Crippen LogP contribution in [-0.2, 0) is 6.54 Å². The summed E-state index contributed by atoms with van der Waals surface area (Å²) >= 11 is 12.1. The van der Waals surface area contributed by atoms with Crippen molar-refractivity contribution in [2.24, 2.45) is 0 Å². The largest absolute Gasteiger partial charge is 0.350 e. The van der Waals surface area contributed by atoms with Gasteiger partial charge in [0.1, 0.15) is 5.82 Å². The highest BCUT2D eigenvalue weighted by Gasteiger charge is 2.32. The number of benzene rings is 1. The van der Waals surface area contributed by atoms with Crippen LogP contribution in [0.25, 0.3) is 5.65 Å². The third-order valence-corrected chi connectivity index (χ3v) is 5.42. The van der Waals surface area contributed by atoms with E-state index in [1.165, 1.54) is 0 Å². The van der Waals surface area contributed by atoms with E-state index in [1.54, 1.807) is 6.20 Å². The van der Waals surface area contributed by atoms with Gasteiger partial charge in [0, 0.05) is 38.1 Å². The van der Waals surface area contributed by atoms with Crippen LogP contribution < -0.4 is 4.90 Å². The lowest BCUT2D eigenvalue weighted by Crippen LogP contribution is -2.58. The van der Waals surface area contributed by atoms with Crippen molar-refractivity contribution >= 4 is 34.7 Å². The lowest BCUT2D eigenvalue weighted by molar-refractivity contribution is 0.197. The van der Waals surface area contributed by atoms with Gasteiger partial charge in [0.05, 0.1) is 10.0 Å². The zero-order valence-corrected chi connectivity index (χ0v) is 15.5. The molecule has 0 atom stereocenters. The molecule has 3 heterocycles. The summed E-state index contributed by atoms with van der Waals surface area (Å²) in [6, 6.07) is 6.25. The molecule has 1 aliphatic heterocycles. The number of aryl methyl sites for hydroxylation is 1. The Morgan fingerprint density at radius 2 is 2.00 bits per heavy atom. The van der Waals surface area contributed by atoms with Gasteiger partial charge in [0.2, 0.25) is 5.65 Å². The van der Waals surface area contributed by atoms with E-state index in [-0.39, 0.29) is 0 Å². The van der Waals surface area contributed by atoms with Crippen LogP contribution in [0.3, 0.4) is 0 Å². The quantitative estimate of drug-likeness (QED) is 0.700. The molecule has 2 aromatic heterocycles. The third-order valence-electron chi connectivity index (χ3n) is 4.68. The molecule has 25 heavy (non-hydrogen) atoms. The summed E-state index contributed by atoms with van der Waals surface area (Å²) in [6.45, 7) is 4.59. The number of anilines is 1. The number of rotatable bonds is 4. The van der Waals surface area contributed by atoms with E-state index < -0.39 is 0 Å². The third kappa shape index (κ3) is 3.05. The monoisotopic (exact) mass is 376 g/mol. The summed E-state index contributed by atoms with van der Waals surface area (Å²) in [6.07, 6.45) is 3.69. The van der Waals surface area contributed by atoms with E-state index in [9.17, 15) is 0 Å². The van der Waals surface area contributed by atoms with Crippen molar-refractivity contribution in [2.45, 2.75) is 19.5 Å². The van der Waals surface area contributed by atoms with Gasteiger partial charge < -0.3 is 4.90 Å². The molecule has 6 nitrogen and oxygen atoms in total. The molecule has 1 fully saturated rings. The SMILES string of the molecule is Cc1nnc2c(N3CC(N(C)Cc4ccc(Cl)c(Cl)c4)C3)nccn12. The molecule has 0 amide bonds. The molecule has 0 spiro atoms. The second kappa shape index (κ2) is 6.44. The summed E-state index contributed by atoms with van der Waals surface area (Å²) < 4.78 is 1.97. The molecular formula is C17H18Cl2N6. The Hall–Kier alpha value is -1.89. The molecule has 8 heteroatoms. The summed E-state index contributed by atoms with van der Waals surface area (Å²) in [7, 11) is 2.12. The average Bonchev–Trinajstić information content (AvgIpc) is 2.92. The van der Waals surface area contributed by atoms with Gasteiger partial charge in [-0.25, -0.2) is 4.98 Å². The van der Waals surface area contributed by atoms with Gasteiger partial charge in [0.15, 0.2) is 5.82 Å². The average molecular weight is 377 g/mol. The second-order valence-electron chi connectivity index (χ2n) is 6.41. The highest BCUT2D eigenvalue weighted by atomic mass is 35.5. The van der Waals surface area contributed by atoms with Crippen LogP contribution in [0.2, 0.25) is 10.0 Å². The Bertz CT molecular complexity index is 919. The standard InChI is InChI=1S/C17H18Cl2N6/c1-11-21-22-17-16(20-5-6-25(11)17)24-9-13(10-24)23(2)8-12-3-4-14(18)15(19)7-12/h3-7,13H,8-10H2,1-2H3. The lowest BCUT2D eigenvalue weighted by atomic mass is 10.1. The van der Waals surface area contributed by atoms with Gasteiger partial charge in [-0.05, 0) is 31.7 Å². The summed E-state index contributed by atoms with van der Waals surface area (Å²) in [5.41, 5.74) is 1.97. The van der Waals surface area contributed by atoms with Crippen LogP contribution in [0.4, 0.5) is 5.82 Å². The molecule has 0 N–H and O–H groups in total. The van der Waals surface area contributed by atoms with E-state index in [1.807, 2.05) is 35.7 Å². The fourth-order valence-electron chi connectivity index (χ4n) is 3.11. The minimum Gasteiger partial charge on any atom is -0.350 e. The van der Waals surface area contributed by atoms with Crippen molar-refractivity contribution in [3.8, 4) is 0 Å². The highest BCUT2D eigenvalue weighted by Crippen LogP contribution is 2.27. The van der Waals surface area contributed by atoms with Crippen molar-refractivity contribution in [3.05, 3.63) is 52.0 Å². The molecule has 1 aliphatic rings. The first-order valence-electron chi connectivity index (χ1n) is 8.08. The van der Waals surface area contributed by atoms with Crippen molar-refractivity contribution in [1.29, 1.82) is 0 Å². The van der Waals surface area contributed by atoms with Gasteiger partial charge >= 0.3 is 0 Å². The maximum Gasteiger partial charge on any atom is 0.203 e. The first-order valence-corrected chi connectivity index (χ1v) is 8.84. The van der Waals surface area contributed by atoms with Crippen LogP contribution in [0.1, 0.15) is 11.4 Å². The van der Waals surface area contributed by atoms with E-state index in [4.69, 9.17) is 23.2 Å². The molecule has 1 saturated heterocycles. The molecule has 0 aliphatic carbocycles. The lowest BCUT2D eigenvalue weighted by Gasteiger charge is -2.44. The first-order chi connectivity index (χ1) is 12.0. The number of fused-ring (bicyclic) bond motifs is 1. The van der Waals surface area contributed by atoms with Crippen LogP contribution in [-0.4, -0.2) is 50.7 Å². The summed E-state index contributed by atoms with van der Waals surface area (Å²) in [4.78, 5) is 9.05. The van der Waals surface area contributed by atoms with Gasteiger partial charge in [-0.2, -0.15) is 0 Å². The Kier molecular flexibility index (Phi) is 4.27. The van der Waals surface area contributed by atoms with E-state index in [0.717, 1.165) is 42.5 Å². The molecule has 0 radical (unpaired) electrons. The molecule has 3 aromatic rings. The fourth-order valence-corrected chi connectivity index (χ4v) is 3.43. The maximum atomic E-state index is 6.10. The first kappa shape index (κ1) is 16.6. The topological polar surface area (TPSA) is 49.6 Å². The van der Waals surface area contributed by atoms with E-state index in [0.29, 0.717) is 16.1 Å². The summed E-state index contributed by atoms with van der Waals surface area (Å²) in [5.74, 6) is 1.76. The number of aromatic nitrogens is 4. The van der Waals surface area contributed by atoms with E-state index >= 15 is 0 Å². The fraction of sp³-hybridized carbons (Fsp3) is 0.353. The summed E-state index contributed by atoms with van der Waals surface area (Å²) in [5, 5.41) is 9.57. The number of likely N-dealkylation sites (N-methyl/N-ethyl adjacent to an activating group) is 1. The molecule has 4 rings (SSSR count). The zero-order valence-electron chi connectivity index (χ0n) is 14.0. The number of hydrogen-bond acceptors (Lipinski definition) is 5. The van der Waals surface area contributed by atoms with Crippen molar-refractivity contribution in [3.63, 3.8) is 0 Å². The second-order valence-corrected chi connectivity index (χ2v) is 7.23. The van der Waals surface area contributed by atoms with Gasteiger partial charge in [-0.1, -0.05) is 29.3 Å². The maximum absolute atomic E-state index is 6.10. The minimum atomic E-state index is 0.459. The minimum absolute atomic E-state index is 0.459. The predicted octanol–water partition coefficient (Wildman–Crippen LogP) is 3.06. The number of halogens is 2. The molecule has 130 valence electrons. The van der Waals surface area contributed by atoms with Crippen LogP contribution >= 0.6 is 23.2 Å². The molecular weight excluding hydrogens is 359 g/mol. The van der Waals surface area contributed by atoms with E-state index in [2.05, 4.69) is 32.0 Å². The van der Waals surface area contributed by atoms with Crippen LogP contribution in [0, 0.1) is 6.92 Å². The van der Waals surface area contributed by atoms with Crippen molar-refractivity contribution in [2.75, 3.05) is 25.0 Å². The number of nitrogens with zero attached hydrogens (tertiary/aromatic N) is 6. The normalized spacial score (nSPS) is 15.2. The Balaban J connectivity index is 1.43. The Morgan fingerprint density at radius 1 is 1.20 bits per heavy atom.